The first-order valence-corrected chi connectivity index (χ1v) is 14.8. The third-order valence-electron chi connectivity index (χ3n) is 2.57. The van der Waals surface area contributed by atoms with Crippen molar-refractivity contribution >= 4 is 22.1 Å². The van der Waals surface area contributed by atoms with E-state index >= 15 is 0 Å². The van der Waals surface area contributed by atoms with E-state index in [1.54, 1.807) is 0 Å². The second kappa shape index (κ2) is 12.6. The Morgan fingerprint density at radius 2 is 1.08 bits per heavy atom. The Hall–Kier alpha value is -0.682. The van der Waals surface area contributed by atoms with Crippen LogP contribution < -0.4 is 0 Å². The van der Waals surface area contributed by atoms with Gasteiger partial charge in [-0.05, 0) is 8.07 Å². The van der Waals surface area contributed by atoms with E-state index in [0.29, 0.717) is 5.20 Å². The van der Waals surface area contributed by atoms with Gasteiger partial charge in [0.1, 0.15) is 0 Å². The normalized spacial score (nSPS) is 15.2. The standard InChI is InChI=1S/C9H19O2Si2.2C5H5.Ti/c1-12(2,3)7-8(9(10)11)13(4,5)6;2*1-2-4-5-3-1;/h1-6H3,(H,10,11);2*1-5H;/q-1;;;. The number of carbonyl (C=O) groups is 1. The Morgan fingerprint density at radius 1 is 0.750 bits per heavy atom. The molecule has 0 spiro atoms. The topological polar surface area (TPSA) is 37.3 Å². The molecule has 0 saturated heterocycles. The van der Waals surface area contributed by atoms with Crippen LogP contribution in [0, 0.1) is 18.5 Å². The van der Waals surface area contributed by atoms with E-state index in [1.165, 1.54) is 0 Å². The van der Waals surface area contributed by atoms with Crippen molar-refractivity contribution in [1.29, 1.82) is 0 Å². The zero-order valence-corrected chi connectivity index (χ0v) is 19.2. The summed E-state index contributed by atoms with van der Waals surface area (Å²) >= 11 is 0. The van der Waals surface area contributed by atoms with E-state index in [1.807, 2.05) is 81.1 Å². The van der Waals surface area contributed by atoms with Crippen molar-refractivity contribution in [2.75, 3.05) is 0 Å². The maximum Gasteiger partial charge on any atom is 0.164 e. The molecule has 0 aromatic heterocycles. The Bertz CT molecular complexity index is 474. The van der Waals surface area contributed by atoms with Crippen LogP contribution in [0.15, 0.2) is 53.8 Å². The van der Waals surface area contributed by atoms with Gasteiger partial charge in [-0.2, -0.15) is 5.20 Å². The average Bonchev–Trinajstić information content (AvgIpc) is 3.10. The molecule has 0 unspecified atom stereocenters. The van der Waals surface area contributed by atoms with Gasteiger partial charge in [-0.3, -0.25) is 5.70 Å². The Balaban J connectivity index is 0. The maximum atomic E-state index is 11.0. The number of aliphatic carboxylic acids is 1. The van der Waals surface area contributed by atoms with Gasteiger partial charge in [0.2, 0.25) is 0 Å². The summed E-state index contributed by atoms with van der Waals surface area (Å²) in [5.74, 6) is -0.776. The number of hydrogen-bond acceptors (Lipinski definition) is 1. The van der Waals surface area contributed by atoms with E-state index in [4.69, 9.17) is 5.11 Å². The molecule has 0 saturated carbocycles. The molecule has 0 bridgehead atoms. The molecule has 1 N–H and O–H groups in total. The average molecular weight is 393 g/mol. The molecule has 2 aliphatic rings. The zero-order chi connectivity index (χ0) is 17.9. The molecular formula is C19H29O2Si2Ti-. The Kier molecular flexibility index (Phi) is 13.5. The van der Waals surface area contributed by atoms with Crippen molar-refractivity contribution in [1.82, 2.24) is 0 Å². The fraction of sp³-hybridized carbons (Fsp3) is 0.316. The van der Waals surface area contributed by atoms with Crippen LogP contribution in [0.2, 0.25) is 39.3 Å². The van der Waals surface area contributed by atoms with E-state index in [9.17, 15) is 4.79 Å². The van der Waals surface area contributed by atoms with Crippen LogP contribution in [0.4, 0.5) is 0 Å². The molecule has 0 aromatic rings. The molecule has 0 amide bonds. The van der Waals surface area contributed by atoms with Gasteiger partial charge in [-0.15, -0.1) is 0 Å². The van der Waals surface area contributed by atoms with Crippen LogP contribution in [-0.2, 0) is 26.5 Å². The summed E-state index contributed by atoms with van der Waals surface area (Å²) in [7, 11) is -3.24. The quantitative estimate of drug-likeness (QED) is 0.407. The van der Waals surface area contributed by atoms with Crippen LogP contribution >= 0.6 is 0 Å². The third-order valence-corrected chi connectivity index (χ3v) is 5.66. The first kappa shape index (κ1) is 25.6. The third kappa shape index (κ3) is 14.9. The molecule has 2 radical (unpaired) electrons. The van der Waals surface area contributed by atoms with Gasteiger partial charge in [0.25, 0.3) is 0 Å². The second-order valence-corrected chi connectivity index (χ2v) is 17.0. The van der Waals surface area contributed by atoms with Crippen molar-refractivity contribution < 1.29 is 31.6 Å². The minimum atomic E-state index is -1.72. The number of carboxylic acids is 1. The summed E-state index contributed by atoms with van der Waals surface area (Å²) in [6.07, 6.45) is 20.0. The molecule has 130 valence electrons. The minimum Gasteiger partial charge on any atom is -0.562 e. The van der Waals surface area contributed by atoms with E-state index in [-0.39, 0.29) is 21.7 Å². The SMILES string of the molecule is C[Si](C)(C)[C-]=C(C(=O)O)[Si](C)(C)C.[CH]1C=CC=C1.[CH]1C=CC=C1.[Ti]. The minimum absolute atomic E-state index is 0. The van der Waals surface area contributed by atoms with Gasteiger partial charge in [-0.25, -0.2) is 0 Å². The van der Waals surface area contributed by atoms with Gasteiger partial charge >= 0.3 is 0 Å². The summed E-state index contributed by atoms with van der Waals surface area (Å²) in [6.45, 7) is 12.5. The van der Waals surface area contributed by atoms with Crippen molar-refractivity contribution in [3.8, 4) is 0 Å². The summed E-state index contributed by atoms with van der Waals surface area (Å²) < 4.78 is 0. The van der Waals surface area contributed by atoms with Crippen LogP contribution in [0.1, 0.15) is 0 Å². The first-order valence-electron chi connectivity index (χ1n) is 7.76. The van der Waals surface area contributed by atoms with Gasteiger partial charge in [0.15, 0.2) is 5.97 Å². The fourth-order valence-corrected chi connectivity index (χ4v) is 5.70. The van der Waals surface area contributed by atoms with Crippen molar-refractivity contribution in [2.24, 2.45) is 0 Å². The summed E-state index contributed by atoms with van der Waals surface area (Å²) in [4.78, 5) is 11.0. The number of allylic oxidation sites excluding steroid dienone is 8. The molecule has 0 aliphatic heterocycles. The van der Waals surface area contributed by atoms with Crippen LogP contribution in [-0.4, -0.2) is 27.2 Å². The molecule has 2 aliphatic carbocycles. The van der Waals surface area contributed by atoms with Gasteiger partial charge in [0, 0.05) is 42.6 Å². The van der Waals surface area contributed by atoms with E-state index < -0.39 is 22.1 Å². The molecular weight excluding hydrogens is 364 g/mol. The molecule has 0 atom stereocenters. The molecule has 5 heteroatoms. The monoisotopic (exact) mass is 393 g/mol. The molecule has 0 aromatic carbocycles. The Labute approximate surface area is 165 Å². The van der Waals surface area contributed by atoms with Gasteiger partial charge in [0.05, 0.1) is 0 Å². The summed E-state index contributed by atoms with van der Waals surface area (Å²) in [6, 6.07) is 0. The number of carboxylic acid groups (broad SMARTS) is 1. The fourth-order valence-electron chi connectivity index (χ4n) is 1.58. The van der Waals surface area contributed by atoms with Crippen LogP contribution in [0.5, 0.6) is 0 Å². The Morgan fingerprint density at radius 3 is 1.17 bits per heavy atom. The van der Waals surface area contributed by atoms with Crippen molar-refractivity contribution in [3.05, 3.63) is 72.3 Å². The van der Waals surface area contributed by atoms with Gasteiger partial charge in [-0.1, -0.05) is 87.9 Å². The smallest absolute Gasteiger partial charge is 0.164 e. The van der Waals surface area contributed by atoms with E-state index in [0.717, 1.165) is 0 Å². The zero-order valence-electron chi connectivity index (χ0n) is 15.6. The van der Waals surface area contributed by atoms with Crippen molar-refractivity contribution in [2.45, 2.75) is 39.3 Å². The molecule has 2 rings (SSSR count). The van der Waals surface area contributed by atoms with Gasteiger partial charge < -0.3 is 9.90 Å². The summed E-state index contributed by atoms with van der Waals surface area (Å²) in [5, 5.41) is 9.59. The largest absolute Gasteiger partial charge is 0.562 e. The van der Waals surface area contributed by atoms with Crippen LogP contribution in [0.3, 0.4) is 0 Å². The number of rotatable bonds is 3. The predicted octanol–water partition coefficient (Wildman–Crippen LogP) is 5.19. The molecule has 0 fully saturated rings. The van der Waals surface area contributed by atoms with Crippen LogP contribution in [0.25, 0.3) is 0 Å². The van der Waals surface area contributed by atoms with E-state index in [2.05, 4.69) is 25.3 Å². The molecule has 2 nitrogen and oxygen atoms in total. The first-order chi connectivity index (χ1) is 10.5. The maximum absolute atomic E-state index is 11.0. The molecule has 24 heavy (non-hydrogen) atoms. The van der Waals surface area contributed by atoms with Crippen molar-refractivity contribution in [3.63, 3.8) is 0 Å². The summed E-state index contributed by atoms with van der Waals surface area (Å²) in [5.41, 5.74) is 3.21. The predicted molar refractivity (Wildman–Crippen MR) is 106 cm³/mol. The number of hydrogen-bond donors (Lipinski definition) is 1. The molecule has 0 heterocycles. The second-order valence-electron chi connectivity index (χ2n) is 7.23.